The van der Waals surface area contributed by atoms with E-state index in [2.05, 4.69) is 49.4 Å². The van der Waals surface area contributed by atoms with Crippen LogP contribution >= 0.6 is 0 Å². The van der Waals surface area contributed by atoms with Gasteiger partial charge in [-0.15, -0.1) is 0 Å². The monoisotopic (exact) mass is 334 g/mol. The molecular formula is C25H34. The van der Waals surface area contributed by atoms with Crippen molar-refractivity contribution in [2.75, 3.05) is 0 Å². The Bertz CT molecular complexity index is 653. The Balaban J connectivity index is 1.40. The van der Waals surface area contributed by atoms with Gasteiger partial charge < -0.3 is 0 Å². The molecule has 0 unspecified atom stereocenters. The highest BCUT2D eigenvalue weighted by Gasteiger charge is 2.20. The molecule has 0 spiro atoms. The number of fused-ring (bicyclic) bond motifs is 3. The van der Waals surface area contributed by atoms with Crippen LogP contribution in [0.15, 0.2) is 42.5 Å². The maximum atomic E-state index is 2.36. The van der Waals surface area contributed by atoms with E-state index in [0.717, 1.165) is 6.42 Å². The lowest BCUT2D eigenvalue weighted by molar-refractivity contribution is 0.556. The molecule has 0 heterocycles. The summed E-state index contributed by atoms with van der Waals surface area (Å²) in [6.45, 7) is 2.29. The van der Waals surface area contributed by atoms with E-state index >= 15 is 0 Å². The number of benzene rings is 2. The quantitative estimate of drug-likeness (QED) is 0.315. The van der Waals surface area contributed by atoms with Gasteiger partial charge in [0.25, 0.3) is 0 Å². The molecular weight excluding hydrogens is 300 g/mol. The third kappa shape index (κ3) is 4.97. The molecule has 0 bridgehead atoms. The zero-order chi connectivity index (χ0) is 17.3. The third-order valence-electron chi connectivity index (χ3n) is 5.70. The molecule has 0 heteroatoms. The molecule has 134 valence electrons. The topological polar surface area (TPSA) is 0 Å². The Morgan fingerprint density at radius 1 is 0.640 bits per heavy atom. The molecule has 0 saturated carbocycles. The summed E-state index contributed by atoms with van der Waals surface area (Å²) in [5.74, 6) is 0. The summed E-state index contributed by atoms with van der Waals surface area (Å²) in [7, 11) is 0. The van der Waals surface area contributed by atoms with Crippen molar-refractivity contribution >= 4 is 0 Å². The standard InChI is InChI=1S/C25H34/c1-2-3-4-5-6-7-8-9-10-11-15-21-17-14-18-23-20-22-16-12-13-19-24(22)25(21)23/h12-14,16-19H,2-11,15,20H2,1H3. The Kier molecular flexibility index (Phi) is 7.15. The zero-order valence-corrected chi connectivity index (χ0v) is 16.0. The summed E-state index contributed by atoms with van der Waals surface area (Å²) in [4.78, 5) is 0. The van der Waals surface area contributed by atoms with Crippen LogP contribution in [0.4, 0.5) is 0 Å². The lowest BCUT2D eigenvalue weighted by Gasteiger charge is -2.10. The van der Waals surface area contributed by atoms with Crippen LogP contribution in [0.25, 0.3) is 11.1 Å². The maximum absolute atomic E-state index is 2.36. The average Bonchev–Trinajstić information content (AvgIpc) is 3.02. The van der Waals surface area contributed by atoms with Crippen LogP contribution in [-0.4, -0.2) is 0 Å². The van der Waals surface area contributed by atoms with Gasteiger partial charge in [0.05, 0.1) is 0 Å². The van der Waals surface area contributed by atoms with Crippen LogP contribution in [0.3, 0.4) is 0 Å². The molecule has 2 aromatic carbocycles. The van der Waals surface area contributed by atoms with Crippen LogP contribution in [-0.2, 0) is 12.8 Å². The molecule has 0 saturated heterocycles. The Morgan fingerprint density at radius 2 is 1.28 bits per heavy atom. The van der Waals surface area contributed by atoms with E-state index in [1.807, 2.05) is 0 Å². The minimum absolute atomic E-state index is 1.12. The van der Waals surface area contributed by atoms with Gasteiger partial charge in [0.15, 0.2) is 0 Å². The zero-order valence-electron chi connectivity index (χ0n) is 16.0. The van der Waals surface area contributed by atoms with Crippen LogP contribution in [0, 0.1) is 0 Å². The van der Waals surface area contributed by atoms with Gasteiger partial charge in [-0.1, -0.05) is 107 Å². The number of unbranched alkanes of at least 4 members (excludes halogenated alkanes) is 9. The van der Waals surface area contributed by atoms with E-state index in [-0.39, 0.29) is 0 Å². The van der Waals surface area contributed by atoms with Crippen molar-refractivity contribution in [2.24, 2.45) is 0 Å². The Morgan fingerprint density at radius 3 is 2.04 bits per heavy atom. The molecule has 0 atom stereocenters. The summed E-state index contributed by atoms with van der Waals surface area (Å²) in [5.41, 5.74) is 7.65. The van der Waals surface area contributed by atoms with Crippen molar-refractivity contribution < 1.29 is 0 Å². The van der Waals surface area contributed by atoms with Gasteiger partial charge >= 0.3 is 0 Å². The van der Waals surface area contributed by atoms with Crippen LogP contribution in [0.1, 0.15) is 87.8 Å². The van der Waals surface area contributed by atoms with Gasteiger partial charge in [0, 0.05) is 0 Å². The summed E-state index contributed by atoms with van der Waals surface area (Å²) in [6, 6.07) is 15.9. The van der Waals surface area contributed by atoms with Crippen molar-refractivity contribution in [3.05, 3.63) is 59.2 Å². The predicted octanol–water partition coefficient (Wildman–Crippen LogP) is 7.72. The van der Waals surface area contributed by atoms with Crippen LogP contribution < -0.4 is 0 Å². The van der Waals surface area contributed by atoms with E-state index in [1.165, 1.54) is 87.3 Å². The number of hydrogen-bond donors (Lipinski definition) is 0. The van der Waals surface area contributed by atoms with Gasteiger partial charge in [0.1, 0.15) is 0 Å². The molecule has 0 N–H and O–H groups in total. The molecule has 25 heavy (non-hydrogen) atoms. The maximum Gasteiger partial charge on any atom is -0.00134 e. The largest absolute Gasteiger partial charge is 0.0654 e. The van der Waals surface area contributed by atoms with E-state index in [9.17, 15) is 0 Å². The van der Waals surface area contributed by atoms with Gasteiger partial charge in [-0.25, -0.2) is 0 Å². The molecule has 0 aromatic heterocycles. The van der Waals surface area contributed by atoms with Gasteiger partial charge in [-0.05, 0) is 47.1 Å². The van der Waals surface area contributed by atoms with E-state index < -0.39 is 0 Å². The van der Waals surface area contributed by atoms with Crippen molar-refractivity contribution in [3.8, 4) is 11.1 Å². The number of hydrogen-bond acceptors (Lipinski definition) is 0. The minimum atomic E-state index is 1.12. The first-order valence-corrected chi connectivity index (χ1v) is 10.6. The lowest BCUT2D eigenvalue weighted by atomic mass is 9.95. The normalized spacial score (nSPS) is 12.2. The third-order valence-corrected chi connectivity index (χ3v) is 5.70. The van der Waals surface area contributed by atoms with E-state index in [0.29, 0.717) is 0 Å². The first kappa shape index (κ1) is 18.2. The summed E-state index contributed by atoms with van der Waals surface area (Å²) in [6.07, 6.45) is 16.5. The molecule has 1 aliphatic carbocycles. The summed E-state index contributed by atoms with van der Waals surface area (Å²) in [5, 5.41) is 0. The SMILES string of the molecule is CCCCCCCCCCCCc1cccc2c1-c1ccccc1C2. The molecule has 0 radical (unpaired) electrons. The first-order valence-electron chi connectivity index (χ1n) is 10.6. The van der Waals surface area contributed by atoms with Gasteiger partial charge in [-0.2, -0.15) is 0 Å². The van der Waals surface area contributed by atoms with Crippen molar-refractivity contribution in [2.45, 2.75) is 84.0 Å². The fraction of sp³-hybridized carbons (Fsp3) is 0.520. The number of rotatable bonds is 11. The van der Waals surface area contributed by atoms with Gasteiger partial charge in [-0.3, -0.25) is 0 Å². The van der Waals surface area contributed by atoms with Crippen molar-refractivity contribution in [1.82, 2.24) is 0 Å². The Labute approximate surface area is 154 Å². The minimum Gasteiger partial charge on any atom is -0.0654 e. The van der Waals surface area contributed by atoms with E-state index in [1.54, 1.807) is 11.1 Å². The molecule has 0 nitrogen and oxygen atoms in total. The first-order chi connectivity index (χ1) is 12.4. The molecule has 0 aliphatic heterocycles. The van der Waals surface area contributed by atoms with Crippen LogP contribution in [0.2, 0.25) is 0 Å². The van der Waals surface area contributed by atoms with Crippen LogP contribution in [0.5, 0.6) is 0 Å². The fourth-order valence-corrected chi connectivity index (χ4v) is 4.28. The fourth-order valence-electron chi connectivity index (χ4n) is 4.28. The smallest absolute Gasteiger partial charge is 0.00134 e. The average molecular weight is 335 g/mol. The number of aryl methyl sites for hydroxylation is 1. The second-order valence-electron chi connectivity index (χ2n) is 7.72. The lowest BCUT2D eigenvalue weighted by Crippen LogP contribution is -1.92. The van der Waals surface area contributed by atoms with Crippen molar-refractivity contribution in [3.63, 3.8) is 0 Å². The summed E-state index contributed by atoms with van der Waals surface area (Å²) < 4.78 is 0. The summed E-state index contributed by atoms with van der Waals surface area (Å²) >= 11 is 0. The van der Waals surface area contributed by atoms with E-state index in [4.69, 9.17) is 0 Å². The molecule has 1 aliphatic rings. The second-order valence-corrected chi connectivity index (χ2v) is 7.72. The Hall–Kier alpha value is -1.56. The highest BCUT2D eigenvalue weighted by molar-refractivity contribution is 5.79. The van der Waals surface area contributed by atoms with Crippen molar-refractivity contribution in [1.29, 1.82) is 0 Å². The molecule has 0 amide bonds. The molecule has 0 fully saturated rings. The van der Waals surface area contributed by atoms with Gasteiger partial charge in [0.2, 0.25) is 0 Å². The predicted molar refractivity (Wildman–Crippen MR) is 110 cm³/mol. The molecule has 2 aromatic rings. The molecule has 3 rings (SSSR count). The highest BCUT2D eigenvalue weighted by atomic mass is 14.2. The second kappa shape index (κ2) is 9.80. The highest BCUT2D eigenvalue weighted by Crippen LogP contribution is 2.39.